The molecule has 3 rings (SSSR count). The molecule has 1 saturated heterocycles. The molecule has 0 unspecified atom stereocenters. The normalized spacial score (nSPS) is 23.5. The zero-order valence-corrected chi connectivity index (χ0v) is 16.3. The number of hydrogen-bond acceptors (Lipinski definition) is 3. The van der Waals surface area contributed by atoms with Crippen molar-refractivity contribution in [2.45, 2.75) is 52.6 Å². The number of rotatable bonds is 5. The first-order valence-electron chi connectivity index (χ1n) is 9.79. The maximum absolute atomic E-state index is 12.8. The molecule has 0 spiro atoms. The zero-order chi connectivity index (χ0) is 18.8. The molecular formula is C22H31NO3. The molecule has 4 nitrogen and oxygen atoms in total. The number of amides is 1. The van der Waals surface area contributed by atoms with E-state index in [0.717, 1.165) is 61.2 Å². The Kier molecular flexibility index (Phi) is 5.71. The summed E-state index contributed by atoms with van der Waals surface area (Å²) < 4.78 is 5.80. The SMILES string of the molecule is C=CCOc1cc(C)c2c(c1C)[C@H](O)[C@H]([C@H](C)C(=O)N1CCCC1)CC2. The van der Waals surface area contributed by atoms with E-state index < -0.39 is 6.10 Å². The van der Waals surface area contributed by atoms with Crippen molar-refractivity contribution in [3.8, 4) is 5.75 Å². The Hall–Kier alpha value is -1.81. The van der Waals surface area contributed by atoms with Gasteiger partial charge in [-0.2, -0.15) is 0 Å². The molecule has 3 atom stereocenters. The van der Waals surface area contributed by atoms with E-state index in [-0.39, 0.29) is 17.7 Å². The fraction of sp³-hybridized carbons (Fsp3) is 0.591. The lowest BCUT2D eigenvalue weighted by molar-refractivity contribution is -0.137. The number of likely N-dealkylation sites (tertiary alicyclic amines) is 1. The van der Waals surface area contributed by atoms with Gasteiger partial charge in [0.1, 0.15) is 12.4 Å². The molecule has 0 saturated carbocycles. The highest BCUT2D eigenvalue weighted by Crippen LogP contribution is 2.44. The topological polar surface area (TPSA) is 49.8 Å². The van der Waals surface area contributed by atoms with Crippen LogP contribution in [-0.2, 0) is 11.2 Å². The van der Waals surface area contributed by atoms with Crippen LogP contribution in [0.2, 0.25) is 0 Å². The number of fused-ring (bicyclic) bond motifs is 1. The lowest BCUT2D eigenvalue weighted by atomic mass is 9.72. The van der Waals surface area contributed by atoms with Crippen molar-refractivity contribution in [2.75, 3.05) is 19.7 Å². The van der Waals surface area contributed by atoms with E-state index in [2.05, 4.69) is 19.6 Å². The summed E-state index contributed by atoms with van der Waals surface area (Å²) in [6.45, 7) is 11.9. The lowest BCUT2D eigenvalue weighted by Crippen LogP contribution is -2.39. The first kappa shape index (κ1) is 19.0. The largest absolute Gasteiger partial charge is 0.489 e. The van der Waals surface area contributed by atoms with Crippen LogP contribution in [0.1, 0.15) is 54.5 Å². The van der Waals surface area contributed by atoms with Gasteiger partial charge < -0.3 is 14.7 Å². The van der Waals surface area contributed by atoms with Crippen molar-refractivity contribution in [1.29, 1.82) is 0 Å². The standard InChI is InChI=1S/C22H31NO3/c1-5-12-26-19-13-14(2)17-8-9-18(21(24)20(17)16(19)4)15(3)22(25)23-10-6-7-11-23/h5,13,15,18,21,24H,1,6-12H2,2-4H3/t15-,18-,21+/m0/s1. The van der Waals surface area contributed by atoms with E-state index in [4.69, 9.17) is 4.74 Å². The van der Waals surface area contributed by atoms with Gasteiger partial charge in [0, 0.05) is 24.9 Å². The molecule has 2 aliphatic rings. The molecule has 1 aliphatic heterocycles. The summed E-state index contributed by atoms with van der Waals surface area (Å²) in [7, 11) is 0. The molecular weight excluding hydrogens is 326 g/mol. The molecule has 1 amide bonds. The van der Waals surface area contributed by atoms with Crippen LogP contribution in [0.25, 0.3) is 0 Å². The number of aryl methyl sites for hydroxylation is 1. The van der Waals surface area contributed by atoms with Crippen molar-refractivity contribution in [2.24, 2.45) is 11.8 Å². The van der Waals surface area contributed by atoms with Crippen LogP contribution >= 0.6 is 0 Å². The summed E-state index contributed by atoms with van der Waals surface area (Å²) in [6.07, 6.45) is 5.05. The maximum atomic E-state index is 12.8. The number of ether oxygens (including phenoxy) is 1. The van der Waals surface area contributed by atoms with E-state index in [1.165, 1.54) is 5.56 Å². The molecule has 4 heteroatoms. The minimum atomic E-state index is -0.619. The Morgan fingerprint density at radius 1 is 1.42 bits per heavy atom. The van der Waals surface area contributed by atoms with Gasteiger partial charge in [-0.1, -0.05) is 19.6 Å². The number of aliphatic hydroxyl groups is 1. The van der Waals surface area contributed by atoms with Gasteiger partial charge in [0.05, 0.1) is 6.10 Å². The number of nitrogens with zero attached hydrogens (tertiary/aromatic N) is 1. The van der Waals surface area contributed by atoms with Crippen molar-refractivity contribution in [3.05, 3.63) is 41.0 Å². The Morgan fingerprint density at radius 3 is 2.77 bits per heavy atom. The quantitative estimate of drug-likeness (QED) is 0.817. The number of benzene rings is 1. The van der Waals surface area contributed by atoms with Gasteiger partial charge in [-0.15, -0.1) is 0 Å². The highest BCUT2D eigenvalue weighted by atomic mass is 16.5. The van der Waals surface area contributed by atoms with Crippen molar-refractivity contribution in [3.63, 3.8) is 0 Å². The van der Waals surface area contributed by atoms with Crippen molar-refractivity contribution in [1.82, 2.24) is 4.90 Å². The first-order valence-corrected chi connectivity index (χ1v) is 9.79. The van der Waals surface area contributed by atoms with Crippen molar-refractivity contribution < 1.29 is 14.6 Å². The summed E-state index contributed by atoms with van der Waals surface area (Å²) >= 11 is 0. The van der Waals surface area contributed by atoms with Crippen LogP contribution in [0.5, 0.6) is 5.75 Å². The van der Waals surface area contributed by atoms with Crippen LogP contribution in [-0.4, -0.2) is 35.6 Å². The van der Waals surface area contributed by atoms with E-state index in [1.807, 2.05) is 18.7 Å². The molecule has 1 aliphatic carbocycles. The minimum absolute atomic E-state index is 0.0386. The second kappa shape index (κ2) is 7.83. The average molecular weight is 357 g/mol. The predicted molar refractivity (Wildman–Crippen MR) is 103 cm³/mol. The molecule has 26 heavy (non-hydrogen) atoms. The van der Waals surface area contributed by atoms with Crippen molar-refractivity contribution >= 4 is 5.91 Å². The van der Waals surface area contributed by atoms with E-state index >= 15 is 0 Å². The first-order chi connectivity index (χ1) is 12.5. The molecule has 1 aromatic carbocycles. The molecule has 1 N–H and O–H groups in total. The smallest absolute Gasteiger partial charge is 0.225 e. The zero-order valence-electron chi connectivity index (χ0n) is 16.3. The van der Waals surface area contributed by atoms with Crippen LogP contribution in [0, 0.1) is 25.7 Å². The highest BCUT2D eigenvalue weighted by molar-refractivity contribution is 5.79. The third kappa shape index (κ3) is 3.39. The molecule has 0 bridgehead atoms. The Labute approximate surface area is 156 Å². The van der Waals surface area contributed by atoms with Crippen LogP contribution < -0.4 is 4.74 Å². The highest BCUT2D eigenvalue weighted by Gasteiger charge is 2.38. The number of carbonyl (C=O) groups is 1. The van der Waals surface area contributed by atoms with Gasteiger partial charge in [0.2, 0.25) is 5.91 Å². The molecule has 1 fully saturated rings. The molecule has 142 valence electrons. The van der Waals surface area contributed by atoms with E-state index in [1.54, 1.807) is 6.08 Å². The predicted octanol–water partition coefficient (Wildman–Crippen LogP) is 3.72. The van der Waals surface area contributed by atoms with Crippen LogP contribution in [0.4, 0.5) is 0 Å². The Morgan fingerprint density at radius 2 is 2.12 bits per heavy atom. The summed E-state index contributed by atoms with van der Waals surface area (Å²) in [6, 6.07) is 2.06. The van der Waals surface area contributed by atoms with Gasteiger partial charge in [-0.25, -0.2) is 0 Å². The summed E-state index contributed by atoms with van der Waals surface area (Å²) in [5.74, 6) is 0.805. The second-order valence-electron chi connectivity index (χ2n) is 7.78. The lowest BCUT2D eigenvalue weighted by Gasteiger charge is -2.37. The Bertz CT molecular complexity index is 691. The molecule has 1 aromatic rings. The minimum Gasteiger partial charge on any atom is -0.489 e. The Balaban J connectivity index is 1.88. The number of hydrogen-bond donors (Lipinski definition) is 1. The van der Waals surface area contributed by atoms with Crippen LogP contribution in [0.3, 0.4) is 0 Å². The fourth-order valence-electron chi connectivity index (χ4n) is 4.61. The number of aliphatic hydroxyl groups excluding tert-OH is 1. The third-order valence-corrected chi connectivity index (χ3v) is 6.16. The second-order valence-corrected chi connectivity index (χ2v) is 7.78. The van der Waals surface area contributed by atoms with E-state index in [9.17, 15) is 9.90 Å². The summed E-state index contributed by atoms with van der Waals surface area (Å²) in [5, 5.41) is 11.2. The molecule has 0 aromatic heterocycles. The van der Waals surface area contributed by atoms with E-state index in [0.29, 0.717) is 6.61 Å². The molecule has 1 heterocycles. The van der Waals surface area contributed by atoms with Crippen LogP contribution in [0.15, 0.2) is 18.7 Å². The molecule has 0 radical (unpaired) electrons. The monoisotopic (exact) mass is 357 g/mol. The van der Waals surface area contributed by atoms with Gasteiger partial charge in [0.25, 0.3) is 0 Å². The maximum Gasteiger partial charge on any atom is 0.225 e. The van der Waals surface area contributed by atoms with Gasteiger partial charge >= 0.3 is 0 Å². The average Bonchev–Trinajstić information content (AvgIpc) is 3.16. The van der Waals surface area contributed by atoms with Gasteiger partial charge in [-0.05, 0) is 67.9 Å². The van der Waals surface area contributed by atoms with Gasteiger partial charge in [0.15, 0.2) is 0 Å². The summed E-state index contributed by atoms with van der Waals surface area (Å²) in [5.41, 5.74) is 4.34. The fourth-order valence-corrected chi connectivity index (χ4v) is 4.61. The summed E-state index contributed by atoms with van der Waals surface area (Å²) in [4.78, 5) is 14.8. The number of carbonyl (C=O) groups excluding carboxylic acids is 1. The third-order valence-electron chi connectivity index (χ3n) is 6.16. The van der Waals surface area contributed by atoms with Gasteiger partial charge in [-0.3, -0.25) is 4.79 Å².